The first-order valence-corrected chi connectivity index (χ1v) is 15.0. The molecule has 2 aromatic heterocycles. The van der Waals surface area contributed by atoms with Crippen molar-refractivity contribution in [3.8, 4) is 17.3 Å². The third-order valence-electron chi connectivity index (χ3n) is 7.42. The maximum Gasteiger partial charge on any atom is 0.227 e. The number of nitrogens with one attached hydrogen (secondary N) is 2. The van der Waals surface area contributed by atoms with Crippen molar-refractivity contribution in [1.29, 1.82) is 5.26 Å². The maximum atomic E-state index is 12.8. The molecule has 1 aliphatic carbocycles. The molecule has 6 rings (SSSR count). The number of hydrogen-bond acceptors (Lipinski definition) is 6. The van der Waals surface area contributed by atoms with Gasteiger partial charge in [0.05, 0.1) is 23.0 Å². The second-order valence-corrected chi connectivity index (χ2v) is 13.6. The van der Waals surface area contributed by atoms with E-state index in [4.69, 9.17) is 4.98 Å². The van der Waals surface area contributed by atoms with Gasteiger partial charge in [0, 0.05) is 41.2 Å². The molecule has 182 valence electrons. The molecule has 0 radical (unpaired) electrons. The summed E-state index contributed by atoms with van der Waals surface area (Å²) in [5.74, 6) is 1.08. The first-order valence-electron chi connectivity index (χ1n) is 12.4. The largest absolute Gasteiger partial charge is 0.360 e. The predicted molar refractivity (Wildman–Crippen MR) is 145 cm³/mol. The quantitative estimate of drug-likeness (QED) is 0.370. The van der Waals surface area contributed by atoms with Crippen molar-refractivity contribution in [2.45, 2.75) is 31.7 Å². The Morgan fingerprint density at radius 3 is 2.89 bits per heavy atom. The molecule has 2 aliphatic rings. The molecular weight excluding hydrogens is 467 g/mol. The van der Waals surface area contributed by atoms with Crippen molar-refractivity contribution in [3.05, 3.63) is 65.0 Å². The molecule has 4 aromatic rings. The Kier molecular flexibility index (Phi) is 5.48. The number of nitriles is 1. The first-order chi connectivity index (χ1) is 17.3. The van der Waals surface area contributed by atoms with Crippen LogP contribution in [0.15, 0.2) is 42.7 Å². The van der Waals surface area contributed by atoms with E-state index >= 15 is 0 Å². The zero-order valence-electron chi connectivity index (χ0n) is 20.8. The van der Waals surface area contributed by atoms with Gasteiger partial charge in [0.15, 0.2) is 0 Å². The molecule has 2 aromatic carbocycles. The van der Waals surface area contributed by atoms with Gasteiger partial charge in [-0.2, -0.15) is 5.26 Å². The van der Waals surface area contributed by atoms with Gasteiger partial charge in [-0.3, -0.25) is 0 Å². The summed E-state index contributed by atoms with van der Waals surface area (Å²) in [5.41, 5.74) is 7.92. The molecule has 0 amide bonds. The van der Waals surface area contributed by atoms with Crippen LogP contribution < -0.4 is 10.6 Å². The van der Waals surface area contributed by atoms with E-state index in [9.17, 15) is 9.83 Å². The van der Waals surface area contributed by atoms with E-state index in [0.29, 0.717) is 23.1 Å². The van der Waals surface area contributed by atoms with Crippen LogP contribution in [0.25, 0.3) is 22.2 Å². The van der Waals surface area contributed by atoms with Gasteiger partial charge >= 0.3 is 0 Å². The number of benzene rings is 2. The highest BCUT2D eigenvalue weighted by Crippen LogP contribution is 2.41. The lowest BCUT2D eigenvalue weighted by atomic mass is 9.77. The van der Waals surface area contributed by atoms with Crippen LogP contribution in [0, 0.1) is 11.3 Å². The van der Waals surface area contributed by atoms with Gasteiger partial charge in [0.25, 0.3) is 0 Å². The Balaban J connectivity index is 1.41. The summed E-state index contributed by atoms with van der Waals surface area (Å²) in [4.78, 5) is 14.9. The third-order valence-corrected chi connectivity index (χ3v) is 8.96. The minimum absolute atomic E-state index is 0.396. The third kappa shape index (κ3) is 3.91. The number of hydrogen-bond donors (Lipinski definition) is 2. The van der Waals surface area contributed by atoms with Gasteiger partial charge in [-0.1, -0.05) is 12.1 Å². The van der Waals surface area contributed by atoms with Gasteiger partial charge < -0.3 is 19.8 Å². The number of likely N-dealkylation sites (N-methyl/N-ethyl adjacent to an activating group) is 1. The molecule has 0 saturated carbocycles. The number of rotatable bonds is 4. The second-order valence-electron chi connectivity index (χ2n) is 10.4. The Labute approximate surface area is 211 Å². The van der Waals surface area contributed by atoms with Gasteiger partial charge in [-0.25, -0.2) is 9.97 Å². The molecule has 2 N–H and O–H groups in total. The first kappa shape index (κ1) is 23.0. The smallest absolute Gasteiger partial charge is 0.227 e. The van der Waals surface area contributed by atoms with Crippen LogP contribution in [-0.2, 0) is 17.5 Å². The molecule has 36 heavy (non-hydrogen) atoms. The van der Waals surface area contributed by atoms with E-state index in [1.54, 1.807) is 25.1 Å². The summed E-state index contributed by atoms with van der Waals surface area (Å²) in [6.45, 7) is 5.61. The van der Waals surface area contributed by atoms with Gasteiger partial charge in [-0.05, 0) is 80.4 Å². The van der Waals surface area contributed by atoms with Crippen LogP contribution in [0.3, 0.4) is 0 Å². The van der Waals surface area contributed by atoms with Crippen LogP contribution >= 0.6 is 7.14 Å². The van der Waals surface area contributed by atoms with E-state index in [0.717, 1.165) is 47.0 Å². The minimum Gasteiger partial charge on any atom is -0.360 e. The molecule has 7 nitrogen and oxygen atoms in total. The normalized spacial score (nSPS) is 17.6. The van der Waals surface area contributed by atoms with Crippen molar-refractivity contribution in [1.82, 2.24) is 19.9 Å². The molecule has 1 aliphatic heterocycles. The number of aromatic nitrogens is 3. The second kappa shape index (κ2) is 8.58. The molecular formula is C28H29N6OP. The molecule has 0 spiro atoms. The molecule has 0 bridgehead atoms. The van der Waals surface area contributed by atoms with Crippen molar-refractivity contribution in [2.24, 2.45) is 0 Å². The van der Waals surface area contributed by atoms with Gasteiger partial charge in [0.1, 0.15) is 13.2 Å². The Bertz CT molecular complexity index is 1590. The van der Waals surface area contributed by atoms with Crippen molar-refractivity contribution >= 4 is 35.0 Å². The van der Waals surface area contributed by atoms with E-state index in [1.807, 2.05) is 24.4 Å². The average molecular weight is 497 g/mol. The van der Waals surface area contributed by atoms with Crippen LogP contribution in [0.1, 0.15) is 41.0 Å². The summed E-state index contributed by atoms with van der Waals surface area (Å²) in [5, 5.41) is 14.9. The molecule has 8 heteroatoms. The SMILES string of the molecule is CN1Cc2cc(Nc3ncc(C#N)c(-c4c[nH]c5c(P(C)(C)=O)cccc45)n3)cc3c2C(CCC3)C1. The lowest BCUT2D eigenvalue weighted by Crippen LogP contribution is -2.33. The summed E-state index contributed by atoms with van der Waals surface area (Å²) in [7, 11) is -0.292. The van der Waals surface area contributed by atoms with Crippen LogP contribution in [-0.4, -0.2) is 46.8 Å². The predicted octanol–water partition coefficient (Wildman–Crippen LogP) is 5.35. The average Bonchev–Trinajstić information content (AvgIpc) is 3.27. The fraction of sp³-hybridized carbons (Fsp3) is 0.321. The highest BCUT2D eigenvalue weighted by molar-refractivity contribution is 7.70. The Hall–Kier alpha value is -3.46. The number of H-pyrrole nitrogens is 1. The zero-order chi connectivity index (χ0) is 25.0. The standard InChI is InChI=1S/C28H29N6OP/c1-34-15-18-7-4-6-17-10-21(11-19(16-34)25(17)18)32-28-31-13-20(12-29)26(33-28)23-14-30-27-22(23)8-5-9-24(27)36(2,3)35/h5,8-11,13-14,18,30H,4,6-7,15-16H2,1-3H3,(H,31,32,33). The maximum absolute atomic E-state index is 12.8. The molecule has 0 fully saturated rings. The fourth-order valence-corrected chi connectivity index (χ4v) is 7.12. The van der Waals surface area contributed by atoms with Crippen molar-refractivity contribution < 1.29 is 4.57 Å². The number of nitrogens with zero attached hydrogens (tertiary/aromatic N) is 4. The van der Waals surface area contributed by atoms with Gasteiger partial charge in [-0.15, -0.1) is 0 Å². The van der Waals surface area contributed by atoms with Crippen molar-refractivity contribution in [3.63, 3.8) is 0 Å². The topological polar surface area (TPSA) is 97.7 Å². The van der Waals surface area contributed by atoms with E-state index < -0.39 is 7.14 Å². The summed E-state index contributed by atoms with van der Waals surface area (Å²) >= 11 is 0. The number of para-hydroxylation sites is 1. The number of anilines is 2. The van der Waals surface area contributed by atoms with E-state index in [2.05, 4.69) is 45.4 Å². The summed E-state index contributed by atoms with van der Waals surface area (Å²) < 4.78 is 12.8. The fourth-order valence-electron chi connectivity index (χ4n) is 5.95. The number of aryl methyl sites for hydroxylation is 1. The van der Waals surface area contributed by atoms with Crippen LogP contribution in [0.5, 0.6) is 0 Å². The number of fused-ring (bicyclic) bond motifs is 1. The highest BCUT2D eigenvalue weighted by Gasteiger charge is 2.29. The lowest BCUT2D eigenvalue weighted by molar-refractivity contribution is 0.266. The highest BCUT2D eigenvalue weighted by atomic mass is 31.2. The van der Waals surface area contributed by atoms with Crippen LogP contribution in [0.4, 0.5) is 11.6 Å². The lowest BCUT2D eigenvalue weighted by Gasteiger charge is -2.37. The van der Waals surface area contributed by atoms with E-state index in [-0.39, 0.29) is 0 Å². The monoisotopic (exact) mass is 496 g/mol. The Morgan fingerprint density at radius 1 is 1.25 bits per heavy atom. The van der Waals surface area contributed by atoms with Crippen LogP contribution in [0.2, 0.25) is 0 Å². The van der Waals surface area contributed by atoms with E-state index in [1.165, 1.54) is 24.0 Å². The van der Waals surface area contributed by atoms with Gasteiger partial charge in [0.2, 0.25) is 5.95 Å². The molecule has 0 saturated heterocycles. The molecule has 1 unspecified atom stereocenters. The molecule has 3 heterocycles. The minimum atomic E-state index is -2.48. The summed E-state index contributed by atoms with van der Waals surface area (Å²) in [6, 6.07) is 12.5. The number of aromatic amines is 1. The zero-order valence-corrected chi connectivity index (χ0v) is 21.7. The van der Waals surface area contributed by atoms with Crippen molar-refractivity contribution in [2.75, 3.05) is 32.2 Å². The molecule has 1 atom stereocenters. The summed E-state index contributed by atoms with van der Waals surface area (Å²) in [6.07, 6.45) is 7.00. The Morgan fingerprint density at radius 2 is 2.08 bits per heavy atom.